The lowest BCUT2D eigenvalue weighted by Crippen LogP contribution is -2.43. The van der Waals surface area contributed by atoms with Crippen LogP contribution in [0.3, 0.4) is 0 Å². The number of carbonyl (C=O) groups excluding carboxylic acids is 1. The van der Waals surface area contributed by atoms with E-state index in [0.29, 0.717) is 19.4 Å². The van der Waals surface area contributed by atoms with E-state index in [9.17, 15) is 9.59 Å². The zero-order chi connectivity index (χ0) is 13.5. The van der Waals surface area contributed by atoms with Gasteiger partial charge in [0.05, 0.1) is 0 Å². The minimum atomic E-state index is -1.06. The van der Waals surface area contributed by atoms with E-state index in [0.717, 1.165) is 6.42 Å². The van der Waals surface area contributed by atoms with E-state index in [1.54, 1.807) is 20.8 Å². The molecule has 0 saturated heterocycles. The highest BCUT2D eigenvalue weighted by molar-refractivity contribution is 5.79. The van der Waals surface area contributed by atoms with Crippen molar-refractivity contribution in [2.24, 2.45) is 5.73 Å². The van der Waals surface area contributed by atoms with Crippen LogP contribution in [0, 0.1) is 0 Å². The van der Waals surface area contributed by atoms with E-state index >= 15 is 0 Å². The molecular formula is C11H22N2O4. The molecule has 1 amide bonds. The van der Waals surface area contributed by atoms with Crippen LogP contribution in [-0.2, 0) is 9.53 Å². The predicted molar refractivity (Wildman–Crippen MR) is 63.7 cm³/mol. The molecule has 0 rings (SSSR count). The first kappa shape index (κ1) is 15.7. The van der Waals surface area contributed by atoms with Gasteiger partial charge in [-0.15, -0.1) is 0 Å². The van der Waals surface area contributed by atoms with Gasteiger partial charge in [0.15, 0.2) is 0 Å². The molecule has 0 aliphatic heterocycles. The van der Waals surface area contributed by atoms with Gasteiger partial charge in [-0.2, -0.15) is 0 Å². The Hall–Kier alpha value is -1.30. The van der Waals surface area contributed by atoms with Crippen LogP contribution in [0.15, 0.2) is 0 Å². The highest BCUT2D eigenvalue weighted by Crippen LogP contribution is 2.08. The molecule has 0 heterocycles. The maximum absolute atomic E-state index is 11.4. The summed E-state index contributed by atoms with van der Waals surface area (Å²) in [4.78, 5) is 22.3. The van der Waals surface area contributed by atoms with Crippen LogP contribution in [0.1, 0.15) is 40.0 Å². The summed E-state index contributed by atoms with van der Waals surface area (Å²) >= 11 is 0. The van der Waals surface area contributed by atoms with Crippen LogP contribution in [0.25, 0.3) is 0 Å². The summed E-state index contributed by atoms with van der Waals surface area (Å²) in [6.45, 7) is 5.67. The average molecular weight is 246 g/mol. The van der Waals surface area contributed by atoms with Crippen LogP contribution in [0.4, 0.5) is 4.79 Å². The molecule has 0 aromatic carbocycles. The number of carboxylic acid groups (broad SMARTS) is 1. The molecule has 0 spiro atoms. The molecule has 1 atom stereocenters. The molecule has 100 valence electrons. The fraction of sp³-hybridized carbons (Fsp3) is 0.818. The number of aliphatic carboxylic acids is 1. The van der Waals surface area contributed by atoms with Crippen molar-refractivity contribution < 1.29 is 19.4 Å². The lowest BCUT2D eigenvalue weighted by atomic mass is 10.1. The fourth-order valence-electron chi connectivity index (χ4n) is 1.20. The zero-order valence-corrected chi connectivity index (χ0v) is 10.7. The van der Waals surface area contributed by atoms with Crippen molar-refractivity contribution in [2.75, 3.05) is 6.54 Å². The van der Waals surface area contributed by atoms with Crippen molar-refractivity contribution in [3.8, 4) is 0 Å². The van der Waals surface area contributed by atoms with Gasteiger partial charge in [-0.3, -0.25) is 0 Å². The number of nitrogens with one attached hydrogen (secondary N) is 1. The monoisotopic (exact) mass is 246 g/mol. The molecule has 6 nitrogen and oxygen atoms in total. The van der Waals surface area contributed by atoms with Crippen molar-refractivity contribution in [1.29, 1.82) is 0 Å². The number of nitrogens with two attached hydrogens (primary N) is 1. The number of unbranched alkanes of at least 4 members (excludes halogenated alkanes) is 1. The van der Waals surface area contributed by atoms with Gasteiger partial charge < -0.3 is 20.9 Å². The third kappa shape index (κ3) is 8.50. The number of rotatable bonds is 6. The van der Waals surface area contributed by atoms with E-state index in [4.69, 9.17) is 15.6 Å². The van der Waals surface area contributed by atoms with Crippen molar-refractivity contribution in [2.45, 2.75) is 51.7 Å². The number of carbonyl (C=O) groups is 2. The molecule has 1 unspecified atom stereocenters. The second-order valence-electron chi connectivity index (χ2n) is 4.82. The summed E-state index contributed by atoms with van der Waals surface area (Å²) in [6.07, 6.45) is 1.03. The van der Waals surface area contributed by atoms with E-state index in [-0.39, 0.29) is 0 Å². The Bertz CT molecular complexity index is 261. The molecule has 0 radical (unpaired) electrons. The summed E-state index contributed by atoms with van der Waals surface area (Å²) in [5, 5.41) is 11.2. The summed E-state index contributed by atoms with van der Waals surface area (Å²) in [5.41, 5.74) is 4.68. The summed E-state index contributed by atoms with van der Waals surface area (Å²) < 4.78 is 4.99. The van der Waals surface area contributed by atoms with Crippen LogP contribution in [-0.4, -0.2) is 35.4 Å². The zero-order valence-electron chi connectivity index (χ0n) is 10.7. The Morgan fingerprint density at radius 2 is 1.94 bits per heavy atom. The number of hydrogen-bond acceptors (Lipinski definition) is 4. The summed E-state index contributed by atoms with van der Waals surface area (Å²) in [5.74, 6) is -1.06. The van der Waals surface area contributed by atoms with Gasteiger partial charge in [0.1, 0.15) is 11.6 Å². The Kier molecular flexibility index (Phi) is 6.57. The Morgan fingerprint density at radius 3 is 2.35 bits per heavy atom. The van der Waals surface area contributed by atoms with Gasteiger partial charge >= 0.3 is 12.1 Å². The first-order valence-electron chi connectivity index (χ1n) is 5.68. The standard InChI is InChI=1S/C11H22N2O4/c1-11(2,3)17-10(16)13-8(9(14)15)6-4-5-7-12/h8H,4-7,12H2,1-3H3,(H,13,16)(H,14,15). The van der Waals surface area contributed by atoms with E-state index < -0.39 is 23.7 Å². The first-order valence-corrected chi connectivity index (χ1v) is 5.68. The second kappa shape index (κ2) is 7.11. The molecule has 17 heavy (non-hydrogen) atoms. The minimum absolute atomic E-state index is 0.353. The van der Waals surface area contributed by atoms with Crippen LogP contribution in [0.2, 0.25) is 0 Å². The van der Waals surface area contributed by atoms with Crippen LogP contribution < -0.4 is 11.1 Å². The highest BCUT2D eigenvalue weighted by Gasteiger charge is 2.23. The molecule has 0 aromatic heterocycles. The molecule has 0 aliphatic rings. The number of amides is 1. The first-order chi connectivity index (χ1) is 7.76. The van der Waals surface area contributed by atoms with Gasteiger partial charge in [0.25, 0.3) is 0 Å². The highest BCUT2D eigenvalue weighted by atomic mass is 16.6. The van der Waals surface area contributed by atoms with Crippen molar-refractivity contribution >= 4 is 12.1 Å². The maximum Gasteiger partial charge on any atom is 0.408 e. The number of carboxylic acids is 1. The Balaban J connectivity index is 4.16. The van der Waals surface area contributed by atoms with E-state index in [2.05, 4.69) is 5.32 Å². The molecule has 0 bridgehead atoms. The van der Waals surface area contributed by atoms with Gasteiger partial charge in [-0.05, 0) is 46.6 Å². The molecule has 0 saturated carbocycles. The van der Waals surface area contributed by atoms with Gasteiger partial charge in [0.2, 0.25) is 0 Å². The van der Waals surface area contributed by atoms with E-state index in [1.807, 2.05) is 0 Å². The summed E-state index contributed by atoms with van der Waals surface area (Å²) in [7, 11) is 0. The van der Waals surface area contributed by atoms with Crippen molar-refractivity contribution in [3.63, 3.8) is 0 Å². The Labute approximate surface area is 102 Å². The van der Waals surface area contributed by atoms with Crippen molar-refractivity contribution in [3.05, 3.63) is 0 Å². The minimum Gasteiger partial charge on any atom is -0.480 e. The SMILES string of the molecule is CC(C)(C)OC(=O)NC(CCCCN)C(=O)O. The third-order valence-corrected chi connectivity index (χ3v) is 1.94. The van der Waals surface area contributed by atoms with E-state index in [1.165, 1.54) is 0 Å². The molecule has 0 aliphatic carbocycles. The number of ether oxygens (including phenoxy) is 1. The van der Waals surface area contributed by atoms with Crippen LogP contribution >= 0.6 is 0 Å². The molecular weight excluding hydrogens is 224 g/mol. The van der Waals surface area contributed by atoms with Gasteiger partial charge in [-0.25, -0.2) is 9.59 Å². The quantitative estimate of drug-likeness (QED) is 0.609. The maximum atomic E-state index is 11.4. The number of hydrogen-bond donors (Lipinski definition) is 3. The predicted octanol–water partition coefficient (Wildman–Crippen LogP) is 1.09. The van der Waals surface area contributed by atoms with Crippen LogP contribution in [0.5, 0.6) is 0 Å². The Morgan fingerprint density at radius 1 is 1.35 bits per heavy atom. The molecule has 0 fully saturated rings. The normalized spacial score (nSPS) is 12.9. The summed E-state index contributed by atoms with van der Waals surface area (Å²) in [6, 6.07) is -0.920. The average Bonchev–Trinajstić information content (AvgIpc) is 2.13. The second-order valence-corrected chi connectivity index (χ2v) is 4.82. The largest absolute Gasteiger partial charge is 0.480 e. The lowest BCUT2D eigenvalue weighted by Gasteiger charge is -2.21. The molecule has 6 heteroatoms. The van der Waals surface area contributed by atoms with Gasteiger partial charge in [0, 0.05) is 0 Å². The van der Waals surface area contributed by atoms with Gasteiger partial charge in [-0.1, -0.05) is 0 Å². The third-order valence-electron chi connectivity index (χ3n) is 1.94. The lowest BCUT2D eigenvalue weighted by molar-refractivity contribution is -0.139. The van der Waals surface area contributed by atoms with Crippen molar-refractivity contribution in [1.82, 2.24) is 5.32 Å². The fourth-order valence-corrected chi connectivity index (χ4v) is 1.20. The molecule has 0 aromatic rings. The smallest absolute Gasteiger partial charge is 0.408 e. The topological polar surface area (TPSA) is 102 Å². The number of alkyl carbamates (subject to hydrolysis) is 1. The molecule has 4 N–H and O–H groups in total.